The summed E-state index contributed by atoms with van der Waals surface area (Å²) in [5, 5.41) is 8.33. The highest BCUT2D eigenvalue weighted by molar-refractivity contribution is 6.30. The Bertz CT molecular complexity index is 1770. The quantitative estimate of drug-likeness (QED) is 0.165. The number of ether oxygens (including phenoxy) is 1. The first kappa shape index (κ1) is 29.5. The Morgan fingerprint density at radius 3 is 2.51 bits per heavy atom. The van der Waals surface area contributed by atoms with Crippen LogP contribution in [0.5, 0.6) is 0 Å². The van der Waals surface area contributed by atoms with E-state index in [-0.39, 0.29) is 43.6 Å². The molecule has 1 aliphatic heterocycles. The van der Waals surface area contributed by atoms with Crippen LogP contribution in [-0.2, 0) is 37.8 Å². The van der Waals surface area contributed by atoms with Gasteiger partial charge >= 0.3 is 12.0 Å². The monoisotopic (exact) mass is 601 g/mol. The molecule has 2 heterocycles. The molecule has 1 aromatic heterocycles. The van der Waals surface area contributed by atoms with Crippen molar-refractivity contribution >= 4 is 52.0 Å². The SMILES string of the molecule is Cc1nc2ccc(CNC(=O)Nc3ccc(Cl)cc3)cc2c(=O)n1C1(C(=O)OCc2ccccc2)CCCC(=O)NC1=O. The normalized spacial score (nSPS) is 16.7. The number of rotatable bonds is 7. The van der Waals surface area contributed by atoms with Crippen molar-refractivity contribution in [3.63, 3.8) is 0 Å². The lowest BCUT2D eigenvalue weighted by Gasteiger charge is -2.31. The number of anilines is 1. The van der Waals surface area contributed by atoms with Gasteiger partial charge < -0.3 is 15.4 Å². The summed E-state index contributed by atoms with van der Waals surface area (Å²) in [5.41, 5.74) is -0.659. The summed E-state index contributed by atoms with van der Waals surface area (Å²) in [6.45, 7) is 1.46. The van der Waals surface area contributed by atoms with E-state index in [1.807, 2.05) is 6.07 Å². The number of amides is 4. The third-order valence-electron chi connectivity index (χ3n) is 7.16. The van der Waals surface area contributed by atoms with Crippen molar-refractivity contribution in [2.45, 2.75) is 44.9 Å². The Labute approximate surface area is 251 Å². The molecule has 12 heteroatoms. The Hall–Kier alpha value is -5.03. The number of nitrogens with zero attached hydrogens (tertiary/aromatic N) is 2. The molecule has 11 nitrogen and oxygen atoms in total. The number of benzene rings is 3. The maximum Gasteiger partial charge on any atom is 0.342 e. The number of aromatic nitrogens is 2. The molecule has 1 saturated heterocycles. The second-order valence-electron chi connectivity index (χ2n) is 10.1. The Morgan fingerprint density at radius 1 is 1.02 bits per heavy atom. The number of hydrogen-bond acceptors (Lipinski definition) is 7. The molecule has 0 saturated carbocycles. The smallest absolute Gasteiger partial charge is 0.342 e. The molecular formula is C31H28ClN5O6. The van der Waals surface area contributed by atoms with Crippen molar-refractivity contribution in [2.75, 3.05) is 5.32 Å². The maximum atomic E-state index is 14.1. The minimum absolute atomic E-state index is 0.00215. The predicted molar refractivity (Wildman–Crippen MR) is 159 cm³/mol. The number of fused-ring (bicyclic) bond motifs is 1. The van der Waals surface area contributed by atoms with Crippen LogP contribution in [0.3, 0.4) is 0 Å². The van der Waals surface area contributed by atoms with E-state index >= 15 is 0 Å². The molecule has 4 aromatic rings. The van der Waals surface area contributed by atoms with Crippen molar-refractivity contribution in [3.8, 4) is 0 Å². The zero-order valence-electron chi connectivity index (χ0n) is 23.2. The van der Waals surface area contributed by atoms with E-state index in [0.29, 0.717) is 27.4 Å². The van der Waals surface area contributed by atoms with E-state index in [0.717, 1.165) is 4.57 Å². The van der Waals surface area contributed by atoms with Crippen molar-refractivity contribution in [1.29, 1.82) is 0 Å². The van der Waals surface area contributed by atoms with Gasteiger partial charge in [0.25, 0.3) is 11.5 Å². The number of hydrogen-bond donors (Lipinski definition) is 3. The molecule has 1 fully saturated rings. The zero-order chi connectivity index (χ0) is 30.6. The van der Waals surface area contributed by atoms with Crippen LogP contribution in [0, 0.1) is 6.92 Å². The van der Waals surface area contributed by atoms with Gasteiger partial charge in [-0.3, -0.25) is 24.3 Å². The van der Waals surface area contributed by atoms with Gasteiger partial charge in [0.2, 0.25) is 11.4 Å². The van der Waals surface area contributed by atoms with E-state index in [1.165, 1.54) is 6.92 Å². The van der Waals surface area contributed by atoms with E-state index < -0.39 is 34.9 Å². The number of carbonyl (C=O) groups is 4. The third-order valence-corrected chi connectivity index (χ3v) is 7.41. The van der Waals surface area contributed by atoms with Gasteiger partial charge in [0, 0.05) is 23.7 Å². The van der Waals surface area contributed by atoms with Gasteiger partial charge in [0.05, 0.1) is 10.9 Å². The Kier molecular flexibility index (Phi) is 8.53. The van der Waals surface area contributed by atoms with Gasteiger partial charge in [0.1, 0.15) is 12.4 Å². The number of urea groups is 1. The number of carbonyl (C=O) groups excluding carboxylic acids is 4. The van der Waals surface area contributed by atoms with Gasteiger partial charge in [-0.1, -0.05) is 48.0 Å². The molecule has 0 aliphatic carbocycles. The predicted octanol–water partition coefficient (Wildman–Crippen LogP) is 3.95. The number of aryl methyl sites for hydroxylation is 1. The largest absolute Gasteiger partial charge is 0.459 e. The highest BCUT2D eigenvalue weighted by atomic mass is 35.5. The van der Waals surface area contributed by atoms with Gasteiger partial charge in [0.15, 0.2) is 0 Å². The second kappa shape index (κ2) is 12.5. The third kappa shape index (κ3) is 6.26. The first-order valence-electron chi connectivity index (χ1n) is 13.6. The highest BCUT2D eigenvalue weighted by Gasteiger charge is 2.52. The van der Waals surface area contributed by atoms with Crippen LogP contribution in [0.15, 0.2) is 77.6 Å². The minimum Gasteiger partial charge on any atom is -0.459 e. The van der Waals surface area contributed by atoms with Crippen LogP contribution < -0.4 is 21.5 Å². The molecule has 0 spiro atoms. The van der Waals surface area contributed by atoms with Gasteiger partial charge in [-0.05, 0) is 67.3 Å². The second-order valence-corrected chi connectivity index (χ2v) is 10.6. The highest BCUT2D eigenvalue weighted by Crippen LogP contribution is 2.30. The summed E-state index contributed by atoms with van der Waals surface area (Å²) in [6.07, 6.45) is 0.0228. The fraction of sp³-hybridized carbons (Fsp3) is 0.226. The molecule has 4 amide bonds. The van der Waals surface area contributed by atoms with Crippen LogP contribution in [0.1, 0.15) is 36.2 Å². The van der Waals surface area contributed by atoms with Crippen molar-refractivity contribution in [3.05, 3.63) is 105 Å². The van der Waals surface area contributed by atoms with Crippen LogP contribution in [0.2, 0.25) is 5.02 Å². The molecular weight excluding hydrogens is 574 g/mol. The first-order chi connectivity index (χ1) is 20.7. The fourth-order valence-corrected chi connectivity index (χ4v) is 5.17. The number of esters is 1. The molecule has 0 radical (unpaired) electrons. The first-order valence-corrected chi connectivity index (χ1v) is 13.9. The number of imide groups is 1. The van der Waals surface area contributed by atoms with Crippen LogP contribution >= 0.6 is 11.6 Å². The standard InChI is InChI=1S/C31H28ClN5O6/c1-19-34-25-14-9-21(17-33-30(42)35-23-12-10-22(32)11-13-23)16-24(25)27(39)37(19)31(15-5-8-26(38)36-28(31)40)29(41)43-18-20-6-3-2-4-7-20/h2-4,6-7,9-14,16H,5,8,15,17-18H2,1H3,(H2,33,35,42)(H,36,38,40). The molecule has 0 bridgehead atoms. The zero-order valence-corrected chi connectivity index (χ0v) is 23.9. The Balaban J connectivity index is 1.48. The average Bonchev–Trinajstić information content (AvgIpc) is 3.14. The molecule has 5 rings (SSSR count). The molecule has 1 atom stereocenters. The summed E-state index contributed by atoms with van der Waals surface area (Å²) < 4.78 is 6.62. The average molecular weight is 602 g/mol. The van der Waals surface area contributed by atoms with Gasteiger partial charge in [-0.25, -0.2) is 14.6 Å². The lowest BCUT2D eigenvalue weighted by atomic mass is 9.91. The summed E-state index contributed by atoms with van der Waals surface area (Å²) >= 11 is 5.89. The van der Waals surface area contributed by atoms with Crippen molar-refractivity contribution < 1.29 is 23.9 Å². The van der Waals surface area contributed by atoms with Crippen LogP contribution in [0.4, 0.5) is 10.5 Å². The van der Waals surface area contributed by atoms with E-state index in [9.17, 15) is 24.0 Å². The molecule has 3 aromatic carbocycles. The summed E-state index contributed by atoms with van der Waals surface area (Å²) in [4.78, 5) is 70.6. The summed E-state index contributed by atoms with van der Waals surface area (Å²) in [5.74, 6) is -2.36. The molecule has 43 heavy (non-hydrogen) atoms. The minimum atomic E-state index is -2.16. The van der Waals surface area contributed by atoms with E-state index in [1.54, 1.807) is 66.7 Å². The van der Waals surface area contributed by atoms with E-state index in [4.69, 9.17) is 16.3 Å². The van der Waals surface area contributed by atoms with Gasteiger partial charge in [-0.15, -0.1) is 0 Å². The molecule has 3 N–H and O–H groups in total. The molecule has 1 aliphatic rings. The molecule has 220 valence electrons. The number of nitrogens with one attached hydrogen (secondary N) is 3. The van der Waals surface area contributed by atoms with Crippen LogP contribution in [0.25, 0.3) is 10.9 Å². The maximum absolute atomic E-state index is 14.1. The van der Waals surface area contributed by atoms with Crippen LogP contribution in [-0.4, -0.2) is 33.4 Å². The lowest BCUT2D eigenvalue weighted by molar-refractivity contribution is -0.161. The topological polar surface area (TPSA) is 148 Å². The van der Waals surface area contributed by atoms with Crippen molar-refractivity contribution in [2.24, 2.45) is 0 Å². The lowest BCUT2D eigenvalue weighted by Crippen LogP contribution is -2.58. The number of halogens is 1. The molecule has 1 unspecified atom stereocenters. The van der Waals surface area contributed by atoms with Crippen molar-refractivity contribution in [1.82, 2.24) is 20.2 Å². The van der Waals surface area contributed by atoms with E-state index in [2.05, 4.69) is 20.9 Å². The summed E-state index contributed by atoms with van der Waals surface area (Å²) in [7, 11) is 0. The fourth-order valence-electron chi connectivity index (χ4n) is 5.05. The van der Waals surface area contributed by atoms with Gasteiger partial charge in [-0.2, -0.15) is 0 Å². The summed E-state index contributed by atoms with van der Waals surface area (Å²) in [6, 6.07) is 19.9. The Morgan fingerprint density at radius 2 is 1.77 bits per heavy atom.